The molecule has 0 radical (unpaired) electrons. The van der Waals surface area contributed by atoms with Crippen molar-refractivity contribution in [2.24, 2.45) is 0 Å². The first-order valence-electron chi connectivity index (χ1n) is 9.64. The van der Waals surface area contributed by atoms with Crippen LogP contribution in [0.5, 0.6) is 0 Å². The number of hydrogen-bond donors (Lipinski definition) is 0. The number of carbonyl (C=O) groups excluding carboxylic acids is 3. The summed E-state index contributed by atoms with van der Waals surface area (Å²) >= 11 is 0. The predicted octanol–water partition coefficient (Wildman–Crippen LogP) is 0.311. The maximum Gasteiger partial charge on any atom is 0.317 e. The largest absolute Gasteiger partial charge is 0.463 e. The second-order valence-electron chi connectivity index (χ2n) is 7.16. The van der Waals surface area contributed by atoms with Crippen LogP contribution in [0.3, 0.4) is 0 Å². The molecule has 1 saturated heterocycles. The lowest BCUT2D eigenvalue weighted by Crippen LogP contribution is -2.40. The van der Waals surface area contributed by atoms with Crippen molar-refractivity contribution in [3.8, 4) is 0 Å². The molecule has 0 aromatic carbocycles. The summed E-state index contributed by atoms with van der Waals surface area (Å²) in [6, 6.07) is 0. The quantitative estimate of drug-likeness (QED) is 0.212. The first-order valence-corrected chi connectivity index (χ1v) is 9.64. The van der Waals surface area contributed by atoms with Gasteiger partial charge in [-0.2, -0.15) is 5.10 Å². The third-order valence-corrected chi connectivity index (χ3v) is 4.87. The molecule has 1 aliphatic rings. The van der Waals surface area contributed by atoms with Crippen LogP contribution in [0.2, 0.25) is 0 Å². The third-order valence-electron chi connectivity index (χ3n) is 4.87. The van der Waals surface area contributed by atoms with Gasteiger partial charge in [-0.05, 0) is 0 Å². The molecular weight excluding hydrogens is 444 g/mol. The molecule has 0 saturated carbocycles. The van der Waals surface area contributed by atoms with Crippen molar-refractivity contribution in [3.63, 3.8) is 0 Å². The Balaban J connectivity index is 1.81. The zero-order chi connectivity index (χ0) is 23.9. The number of rotatable bonds is 6. The van der Waals surface area contributed by atoms with Crippen LogP contribution in [0.1, 0.15) is 27.0 Å². The van der Waals surface area contributed by atoms with Crippen molar-refractivity contribution in [1.29, 1.82) is 0 Å². The molecule has 0 amide bonds. The molecule has 4 heterocycles. The number of imidazole rings is 1. The minimum absolute atomic E-state index is 0.110. The van der Waals surface area contributed by atoms with E-state index in [1.165, 1.54) is 42.5 Å². The van der Waals surface area contributed by atoms with Crippen molar-refractivity contribution < 1.29 is 38.3 Å². The Morgan fingerprint density at radius 1 is 1.09 bits per heavy atom. The molecule has 1 fully saturated rings. The van der Waals surface area contributed by atoms with E-state index in [2.05, 4.69) is 15.1 Å². The Morgan fingerprint density at radius 3 is 2.42 bits per heavy atom. The second-order valence-corrected chi connectivity index (χ2v) is 7.16. The van der Waals surface area contributed by atoms with E-state index in [0.717, 1.165) is 6.20 Å². The minimum atomic E-state index is -1.15. The van der Waals surface area contributed by atoms with Crippen LogP contribution in [0.25, 0.3) is 16.7 Å². The number of ether oxygens (including phenoxy) is 4. The summed E-state index contributed by atoms with van der Waals surface area (Å²) in [5, 5.41) is 15.3. The minimum Gasteiger partial charge on any atom is -0.463 e. The number of carbonyl (C=O) groups is 3. The molecular formula is C18H18N6O9. The van der Waals surface area contributed by atoms with Crippen LogP contribution >= 0.6 is 0 Å². The molecule has 0 aliphatic carbocycles. The Bertz CT molecular complexity index is 1270. The molecule has 4 rings (SSSR count). The highest BCUT2D eigenvalue weighted by molar-refractivity contribution is 5.93. The molecule has 15 heteroatoms. The molecule has 0 spiro atoms. The normalized spacial score (nSPS) is 22.4. The van der Waals surface area contributed by atoms with E-state index >= 15 is 0 Å². The lowest BCUT2D eigenvalue weighted by atomic mass is 10.1. The fraction of sp³-hybridized carbons (Fsp3) is 0.444. The van der Waals surface area contributed by atoms with E-state index < -0.39 is 47.4 Å². The van der Waals surface area contributed by atoms with Crippen LogP contribution in [0.15, 0.2) is 18.9 Å². The Kier molecular flexibility index (Phi) is 5.63. The Labute approximate surface area is 184 Å². The lowest BCUT2D eigenvalue weighted by Gasteiger charge is -2.23. The highest BCUT2D eigenvalue weighted by Crippen LogP contribution is 2.37. The number of fused-ring (bicyclic) bond motifs is 3. The second kappa shape index (κ2) is 8.42. The van der Waals surface area contributed by atoms with Gasteiger partial charge in [0.1, 0.15) is 30.8 Å². The van der Waals surface area contributed by atoms with Gasteiger partial charge in [0.15, 0.2) is 29.6 Å². The molecule has 33 heavy (non-hydrogen) atoms. The molecule has 0 N–H and O–H groups in total. The molecule has 3 aromatic rings. The number of esters is 3. The standard InChI is InChI=1S/C18H18N6O9/c1-8(25)30-5-12-15(31-9(2)26)16(32-10(3)27)18(33-12)22-6-19-13-14-11(24(28)29)4-21-23(14)7-20-17(13)22/h4,6-7,12,15-16,18H,5H2,1-3H3/t12-,15-,16-,18-/m1/s1. The average Bonchev–Trinajstić information content (AvgIpc) is 3.41. The number of aromatic nitrogens is 5. The highest BCUT2D eigenvalue weighted by Gasteiger charge is 2.51. The van der Waals surface area contributed by atoms with E-state index in [-0.39, 0.29) is 29.0 Å². The van der Waals surface area contributed by atoms with Crippen molar-refractivity contribution >= 4 is 40.3 Å². The highest BCUT2D eigenvalue weighted by atomic mass is 16.7. The maximum atomic E-state index is 11.8. The summed E-state index contributed by atoms with van der Waals surface area (Å²) in [4.78, 5) is 54.1. The van der Waals surface area contributed by atoms with Gasteiger partial charge >= 0.3 is 23.6 Å². The van der Waals surface area contributed by atoms with E-state index in [1.807, 2.05) is 0 Å². The summed E-state index contributed by atoms with van der Waals surface area (Å²) in [5.41, 5.74) is 0.156. The van der Waals surface area contributed by atoms with Gasteiger partial charge in [0.2, 0.25) is 0 Å². The van der Waals surface area contributed by atoms with Gasteiger partial charge in [-0.25, -0.2) is 14.5 Å². The SMILES string of the molecule is CC(=O)OC[C@H]1O[C@@H](n2cnc3c2ncn2ncc([N+](=O)[O-])c32)[C@H](OC(C)=O)[C@@H]1OC(C)=O. The first kappa shape index (κ1) is 22.1. The van der Waals surface area contributed by atoms with Gasteiger partial charge in [0, 0.05) is 20.8 Å². The fourth-order valence-electron chi connectivity index (χ4n) is 3.67. The van der Waals surface area contributed by atoms with Gasteiger partial charge < -0.3 is 18.9 Å². The molecule has 0 unspecified atom stereocenters. The summed E-state index contributed by atoms with van der Waals surface area (Å²) < 4.78 is 24.3. The third kappa shape index (κ3) is 4.05. The molecule has 15 nitrogen and oxygen atoms in total. The van der Waals surface area contributed by atoms with E-state index in [0.29, 0.717) is 0 Å². The predicted molar refractivity (Wildman–Crippen MR) is 105 cm³/mol. The lowest BCUT2D eigenvalue weighted by molar-refractivity contribution is -0.383. The summed E-state index contributed by atoms with van der Waals surface area (Å²) in [6.07, 6.45) is -0.691. The van der Waals surface area contributed by atoms with Gasteiger partial charge in [-0.15, -0.1) is 0 Å². The average molecular weight is 462 g/mol. The molecule has 0 bridgehead atoms. The van der Waals surface area contributed by atoms with Crippen molar-refractivity contribution in [2.45, 2.75) is 45.3 Å². The molecule has 174 valence electrons. The van der Waals surface area contributed by atoms with Gasteiger partial charge in [0.05, 0.1) is 11.3 Å². The van der Waals surface area contributed by atoms with Crippen LogP contribution in [-0.2, 0) is 33.3 Å². The number of hydrogen-bond acceptors (Lipinski definition) is 12. The fourth-order valence-corrected chi connectivity index (χ4v) is 3.67. The summed E-state index contributed by atoms with van der Waals surface area (Å²) in [6.45, 7) is 3.27. The zero-order valence-electron chi connectivity index (χ0n) is 17.6. The Morgan fingerprint density at radius 2 is 1.79 bits per heavy atom. The zero-order valence-corrected chi connectivity index (χ0v) is 17.6. The van der Waals surface area contributed by atoms with Gasteiger partial charge in [0.25, 0.3) is 0 Å². The summed E-state index contributed by atoms with van der Waals surface area (Å²) in [7, 11) is 0. The van der Waals surface area contributed by atoms with E-state index in [4.69, 9.17) is 18.9 Å². The maximum absolute atomic E-state index is 11.8. The first-order chi connectivity index (χ1) is 15.7. The van der Waals surface area contributed by atoms with Crippen molar-refractivity contribution in [2.75, 3.05) is 6.61 Å². The van der Waals surface area contributed by atoms with Gasteiger partial charge in [-0.1, -0.05) is 0 Å². The van der Waals surface area contributed by atoms with E-state index in [9.17, 15) is 24.5 Å². The Hall–Kier alpha value is -4.14. The van der Waals surface area contributed by atoms with Crippen molar-refractivity contribution in [3.05, 3.63) is 29.0 Å². The molecule has 3 aromatic heterocycles. The van der Waals surface area contributed by atoms with Crippen LogP contribution < -0.4 is 0 Å². The number of nitro groups is 1. The summed E-state index contributed by atoms with van der Waals surface area (Å²) in [5.74, 6) is -1.93. The topological polar surface area (TPSA) is 179 Å². The van der Waals surface area contributed by atoms with Crippen molar-refractivity contribution in [1.82, 2.24) is 24.1 Å². The smallest absolute Gasteiger partial charge is 0.317 e. The molecule has 4 atom stereocenters. The molecule has 1 aliphatic heterocycles. The van der Waals surface area contributed by atoms with Gasteiger partial charge in [-0.3, -0.25) is 29.1 Å². The monoisotopic (exact) mass is 462 g/mol. The number of nitrogens with zero attached hydrogens (tertiary/aromatic N) is 6. The van der Waals surface area contributed by atoms with Crippen LogP contribution in [0.4, 0.5) is 5.69 Å². The van der Waals surface area contributed by atoms with Crippen LogP contribution in [-0.4, -0.2) is 71.9 Å². The van der Waals surface area contributed by atoms with Crippen LogP contribution in [0, 0.1) is 10.1 Å². The van der Waals surface area contributed by atoms with E-state index in [1.54, 1.807) is 0 Å².